The second kappa shape index (κ2) is 7.14. The zero-order valence-corrected chi connectivity index (χ0v) is 13.9. The molecule has 4 heteroatoms. The Kier molecular flexibility index (Phi) is 4.95. The van der Waals surface area contributed by atoms with Crippen molar-refractivity contribution in [3.05, 3.63) is 71.5 Å². The maximum Gasteiger partial charge on any atom is 0.227 e. The van der Waals surface area contributed by atoms with Crippen molar-refractivity contribution in [1.29, 1.82) is 0 Å². The predicted octanol–water partition coefficient (Wildman–Crippen LogP) is 3.83. The molecule has 0 aliphatic carbocycles. The highest BCUT2D eigenvalue weighted by molar-refractivity contribution is 5.80. The minimum Gasteiger partial charge on any atom is -0.335 e. The molecule has 126 valence electrons. The molecule has 0 unspecified atom stereocenters. The van der Waals surface area contributed by atoms with Crippen molar-refractivity contribution >= 4 is 5.91 Å². The van der Waals surface area contributed by atoms with E-state index >= 15 is 0 Å². The van der Waals surface area contributed by atoms with Gasteiger partial charge in [0.25, 0.3) is 0 Å². The Labute approximate surface area is 142 Å². The third-order valence-electron chi connectivity index (χ3n) is 4.90. The summed E-state index contributed by atoms with van der Waals surface area (Å²) in [6.45, 7) is 2.62. The molecule has 1 fully saturated rings. The largest absolute Gasteiger partial charge is 0.335 e. The molecule has 0 radical (unpaired) electrons. The van der Waals surface area contributed by atoms with Crippen LogP contribution in [0.25, 0.3) is 0 Å². The summed E-state index contributed by atoms with van der Waals surface area (Å²) < 4.78 is 13.2. The smallest absolute Gasteiger partial charge is 0.227 e. The van der Waals surface area contributed by atoms with Crippen molar-refractivity contribution in [2.24, 2.45) is 11.7 Å². The van der Waals surface area contributed by atoms with Crippen molar-refractivity contribution in [2.45, 2.75) is 31.8 Å². The Morgan fingerprint density at radius 1 is 1.17 bits per heavy atom. The molecule has 3 rings (SSSR count). The molecule has 1 heterocycles. The van der Waals surface area contributed by atoms with E-state index in [9.17, 15) is 9.18 Å². The van der Waals surface area contributed by atoms with Crippen LogP contribution in [0.1, 0.15) is 43.0 Å². The number of hydrogen-bond acceptors (Lipinski definition) is 2. The molecule has 2 N–H and O–H groups in total. The standard InChI is InChI=1S/C20H23FN2O/c1-14(19(22)16-6-3-2-4-7-16)20(24)23-13-5-8-18(23)15-9-11-17(21)12-10-15/h2-4,6-7,9-12,14,18-19H,5,8,13,22H2,1H3/t14-,18-,19+/m0/s1. The van der Waals surface area contributed by atoms with Gasteiger partial charge in [-0.15, -0.1) is 0 Å². The normalized spacial score (nSPS) is 20.0. The van der Waals surface area contributed by atoms with E-state index in [4.69, 9.17) is 5.73 Å². The summed E-state index contributed by atoms with van der Waals surface area (Å²) in [5.41, 5.74) is 8.27. The van der Waals surface area contributed by atoms with E-state index in [2.05, 4.69) is 0 Å². The van der Waals surface area contributed by atoms with Gasteiger partial charge >= 0.3 is 0 Å². The van der Waals surface area contributed by atoms with Crippen LogP contribution in [0.15, 0.2) is 54.6 Å². The first-order chi connectivity index (χ1) is 11.6. The number of carbonyl (C=O) groups excluding carboxylic acids is 1. The van der Waals surface area contributed by atoms with Crippen LogP contribution in [0.2, 0.25) is 0 Å². The lowest BCUT2D eigenvalue weighted by atomic mass is 9.93. The van der Waals surface area contributed by atoms with E-state index in [-0.39, 0.29) is 29.7 Å². The first-order valence-corrected chi connectivity index (χ1v) is 8.44. The summed E-state index contributed by atoms with van der Waals surface area (Å²) in [5, 5.41) is 0. The van der Waals surface area contributed by atoms with Crippen LogP contribution in [-0.2, 0) is 4.79 Å². The van der Waals surface area contributed by atoms with Crippen LogP contribution in [0.5, 0.6) is 0 Å². The first-order valence-electron chi connectivity index (χ1n) is 8.44. The van der Waals surface area contributed by atoms with Crippen LogP contribution in [0, 0.1) is 11.7 Å². The monoisotopic (exact) mass is 326 g/mol. The second-order valence-corrected chi connectivity index (χ2v) is 6.47. The molecule has 2 aromatic rings. The van der Waals surface area contributed by atoms with Gasteiger partial charge in [-0.25, -0.2) is 4.39 Å². The number of amides is 1. The highest BCUT2D eigenvalue weighted by Crippen LogP contribution is 2.34. The number of hydrogen-bond donors (Lipinski definition) is 1. The quantitative estimate of drug-likeness (QED) is 0.928. The van der Waals surface area contributed by atoms with Gasteiger partial charge in [-0.2, -0.15) is 0 Å². The molecular weight excluding hydrogens is 303 g/mol. The summed E-state index contributed by atoms with van der Waals surface area (Å²) in [7, 11) is 0. The molecule has 1 aliphatic heterocycles. The van der Waals surface area contributed by atoms with Crippen LogP contribution in [0.4, 0.5) is 4.39 Å². The van der Waals surface area contributed by atoms with Gasteiger partial charge in [-0.3, -0.25) is 4.79 Å². The Bertz CT molecular complexity index is 687. The Morgan fingerprint density at radius 2 is 1.83 bits per heavy atom. The molecule has 0 spiro atoms. The fraction of sp³-hybridized carbons (Fsp3) is 0.350. The van der Waals surface area contributed by atoms with Crippen molar-refractivity contribution in [1.82, 2.24) is 4.90 Å². The molecule has 0 saturated carbocycles. The lowest BCUT2D eigenvalue weighted by Gasteiger charge is -2.30. The number of rotatable bonds is 4. The van der Waals surface area contributed by atoms with Crippen molar-refractivity contribution in [2.75, 3.05) is 6.54 Å². The molecule has 3 nitrogen and oxygen atoms in total. The molecule has 2 aromatic carbocycles. The minimum atomic E-state index is -0.326. The number of carbonyl (C=O) groups is 1. The topological polar surface area (TPSA) is 46.3 Å². The summed E-state index contributed by atoms with van der Waals surface area (Å²) in [4.78, 5) is 14.9. The maximum atomic E-state index is 13.2. The van der Waals surface area contributed by atoms with E-state index in [0.717, 1.165) is 30.5 Å². The Balaban J connectivity index is 1.76. The zero-order chi connectivity index (χ0) is 17.1. The summed E-state index contributed by atoms with van der Waals surface area (Å²) in [5.74, 6) is -0.485. The lowest BCUT2D eigenvalue weighted by Crippen LogP contribution is -2.39. The van der Waals surface area contributed by atoms with E-state index in [0.29, 0.717) is 0 Å². The van der Waals surface area contributed by atoms with Crippen LogP contribution < -0.4 is 5.73 Å². The number of likely N-dealkylation sites (tertiary alicyclic amines) is 1. The zero-order valence-electron chi connectivity index (χ0n) is 13.9. The molecule has 1 aliphatic rings. The molecular formula is C20H23FN2O. The van der Waals surface area contributed by atoms with Gasteiger partial charge in [-0.05, 0) is 36.1 Å². The number of halogens is 1. The van der Waals surface area contributed by atoms with Crippen LogP contribution in [0.3, 0.4) is 0 Å². The minimum absolute atomic E-state index is 0.0172. The van der Waals surface area contributed by atoms with E-state index in [1.807, 2.05) is 42.2 Å². The average Bonchev–Trinajstić information content (AvgIpc) is 3.11. The van der Waals surface area contributed by atoms with Crippen molar-refractivity contribution in [3.63, 3.8) is 0 Å². The van der Waals surface area contributed by atoms with Crippen molar-refractivity contribution < 1.29 is 9.18 Å². The van der Waals surface area contributed by atoms with E-state index in [1.165, 1.54) is 12.1 Å². The van der Waals surface area contributed by atoms with Gasteiger partial charge in [-0.1, -0.05) is 49.4 Å². The number of nitrogens with zero attached hydrogens (tertiary/aromatic N) is 1. The average molecular weight is 326 g/mol. The van der Waals surface area contributed by atoms with Gasteiger partial charge in [0.1, 0.15) is 5.82 Å². The highest BCUT2D eigenvalue weighted by atomic mass is 19.1. The number of nitrogens with two attached hydrogens (primary N) is 1. The van der Waals surface area contributed by atoms with Crippen LogP contribution >= 0.6 is 0 Å². The fourth-order valence-corrected chi connectivity index (χ4v) is 3.44. The van der Waals surface area contributed by atoms with E-state index in [1.54, 1.807) is 12.1 Å². The van der Waals surface area contributed by atoms with E-state index < -0.39 is 0 Å². The lowest BCUT2D eigenvalue weighted by molar-refractivity contribution is -0.136. The van der Waals surface area contributed by atoms with Gasteiger partial charge < -0.3 is 10.6 Å². The molecule has 0 bridgehead atoms. The highest BCUT2D eigenvalue weighted by Gasteiger charge is 2.34. The summed E-state index contributed by atoms with van der Waals surface area (Å²) in [6.07, 6.45) is 1.87. The van der Waals surface area contributed by atoms with Crippen molar-refractivity contribution in [3.8, 4) is 0 Å². The Hall–Kier alpha value is -2.20. The maximum absolute atomic E-state index is 13.2. The van der Waals surface area contributed by atoms with Gasteiger partial charge in [0.05, 0.1) is 12.0 Å². The Morgan fingerprint density at radius 3 is 2.50 bits per heavy atom. The summed E-state index contributed by atoms with van der Waals surface area (Å²) >= 11 is 0. The SMILES string of the molecule is C[C@H](C(=O)N1CCC[C@H]1c1ccc(F)cc1)[C@@H](N)c1ccccc1. The second-order valence-electron chi connectivity index (χ2n) is 6.47. The molecule has 24 heavy (non-hydrogen) atoms. The van der Waals surface area contributed by atoms with Gasteiger partial charge in [0, 0.05) is 12.6 Å². The third-order valence-corrected chi connectivity index (χ3v) is 4.90. The third kappa shape index (κ3) is 3.34. The predicted molar refractivity (Wildman–Crippen MR) is 92.6 cm³/mol. The molecule has 3 atom stereocenters. The molecule has 1 amide bonds. The first kappa shape index (κ1) is 16.7. The van der Waals surface area contributed by atoms with Gasteiger partial charge in [0.15, 0.2) is 0 Å². The summed E-state index contributed by atoms with van der Waals surface area (Å²) in [6, 6.07) is 15.9. The number of benzene rings is 2. The molecule has 1 saturated heterocycles. The van der Waals surface area contributed by atoms with Crippen LogP contribution in [-0.4, -0.2) is 17.4 Å². The van der Waals surface area contributed by atoms with Gasteiger partial charge in [0.2, 0.25) is 5.91 Å². The fourth-order valence-electron chi connectivity index (χ4n) is 3.44. The molecule has 0 aromatic heterocycles.